The maximum atomic E-state index is 14.6. The van der Waals surface area contributed by atoms with Crippen LogP contribution >= 0.6 is 23.4 Å². The van der Waals surface area contributed by atoms with Gasteiger partial charge in [0, 0.05) is 23.0 Å². The Morgan fingerprint density at radius 2 is 1.86 bits per heavy atom. The van der Waals surface area contributed by atoms with Crippen LogP contribution in [0.4, 0.5) is 13.2 Å². The van der Waals surface area contributed by atoms with Crippen molar-refractivity contribution in [2.75, 3.05) is 0 Å². The maximum absolute atomic E-state index is 14.6. The van der Waals surface area contributed by atoms with Crippen LogP contribution in [-0.4, -0.2) is 19.2 Å². The van der Waals surface area contributed by atoms with Gasteiger partial charge < -0.3 is 0 Å². The fraction of sp³-hybridized carbons (Fsp3) is 0.105. The van der Waals surface area contributed by atoms with E-state index in [0.717, 1.165) is 12.1 Å². The zero-order chi connectivity index (χ0) is 20.7. The van der Waals surface area contributed by atoms with Gasteiger partial charge in [-0.3, -0.25) is 13.8 Å². The highest BCUT2D eigenvalue weighted by Gasteiger charge is 2.22. The zero-order valence-electron chi connectivity index (χ0n) is 14.8. The molecule has 0 aliphatic carbocycles. The van der Waals surface area contributed by atoms with Gasteiger partial charge in [0.1, 0.15) is 0 Å². The Bertz CT molecular complexity index is 1290. The van der Waals surface area contributed by atoms with Crippen LogP contribution in [0.1, 0.15) is 16.6 Å². The van der Waals surface area contributed by atoms with Gasteiger partial charge in [-0.25, -0.2) is 13.2 Å². The number of hydrogen-bond donors (Lipinski definition) is 0. The normalized spacial score (nSPS) is 12.4. The number of aromatic nitrogens is 4. The van der Waals surface area contributed by atoms with E-state index in [-0.39, 0.29) is 10.8 Å². The van der Waals surface area contributed by atoms with Crippen molar-refractivity contribution in [2.45, 2.75) is 17.6 Å². The molecule has 0 aliphatic heterocycles. The second kappa shape index (κ2) is 7.57. The monoisotopic (exact) mass is 436 g/mol. The molecule has 1 atom stereocenters. The van der Waals surface area contributed by atoms with Gasteiger partial charge in [0.2, 0.25) is 5.65 Å². The SMILES string of the molecule is Cc1c(Cl)cccc1-n1ccn2c(SC(F)c3cccc(F)c3F)nnc2c1=O. The summed E-state index contributed by atoms with van der Waals surface area (Å²) in [7, 11) is 0. The molecule has 0 radical (unpaired) electrons. The molecule has 4 aromatic rings. The van der Waals surface area contributed by atoms with Gasteiger partial charge in [-0.15, -0.1) is 10.2 Å². The molecular weight excluding hydrogens is 425 g/mol. The Morgan fingerprint density at radius 1 is 1.10 bits per heavy atom. The average molecular weight is 437 g/mol. The lowest BCUT2D eigenvalue weighted by molar-refractivity contribution is 0.430. The van der Waals surface area contributed by atoms with Crippen LogP contribution in [0.3, 0.4) is 0 Å². The maximum Gasteiger partial charge on any atom is 0.300 e. The van der Waals surface area contributed by atoms with E-state index >= 15 is 0 Å². The first-order valence-electron chi connectivity index (χ1n) is 8.35. The molecule has 148 valence electrons. The first-order chi connectivity index (χ1) is 13.9. The Hall–Kier alpha value is -2.78. The van der Waals surface area contributed by atoms with Gasteiger partial charge in [0.05, 0.1) is 5.69 Å². The van der Waals surface area contributed by atoms with E-state index in [1.165, 1.54) is 27.4 Å². The quantitative estimate of drug-likeness (QED) is 0.428. The van der Waals surface area contributed by atoms with Crippen LogP contribution in [-0.2, 0) is 0 Å². The van der Waals surface area contributed by atoms with Crippen molar-refractivity contribution in [1.29, 1.82) is 0 Å². The molecule has 2 aromatic carbocycles. The average Bonchev–Trinajstić information content (AvgIpc) is 3.10. The molecule has 0 fully saturated rings. The van der Waals surface area contributed by atoms with E-state index in [0.29, 0.717) is 28.0 Å². The summed E-state index contributed by atoms with van der Waals surface area (Å²) in [5.74, 6) is -2.41. The summed E-state index contributed by atoms with van der Waals surface area (Å²) in [6.45, 7) is 1.78. The van der Waals surface area contributed by atoms with Gasteiger partial charge >= 0.3 is 5.56 Å². The molecule has 0 spiro atoms. The van der Waals surface area contributed by atoms with Crippen LogP contribution < -0.4 is 5.56 Å². The number of halogens is 4. The van der Waals surface area contributed by atoms with Gasteiger partial charge in [0.25, 0.3) is 0 Å². The van der Waals surface area contributed by atoms with Crippen LogP contribution in [0.2, 0.25) is 5.02 Å². The molecule has 5 nitrogen and oxygen atoms in total. The minimum Gasteiger partial charge on any atom is -0.279 e. The highest BCUT2D eigenvalue weighted by Crippen LogP contribution is 2.37. The zero-order valence-corrected chi connectivity index (χ0v) is 16.4. The molecule has 10 heteroatoms. The molecule has 0 aliphatic rings. The van der Waals surface area contributed by atoms with Crippen LogP contribution in [0.15, 0.2) is 58.7 Å². The summed E-state index contributed by atoms with van der Waals surface area (Å²) in [5.41, 5.74) is -1.62. The molecule has 1 unspecified atom stereocenters. The topological polar surface area (TPSA) is 52.2 Å². The third-order valence-corrected chi connectivity index (χ3v) is 5.73. The number of thioether (sulfide) groups is 1. The van der Waals surface area contributed by atoms with E-state index in [2.05, 4.69) is 10.2 Å². The molecule has 0 N–H and O–H groups in total. The fourth-order valence-corrected chi connectivity index (χ4v) is 3.86. The first-order valence-corrected chi connectivity index (χ1v) is 9.60. The Morgan fingerprint density at radius 3 is 2.66 bits per heavy atom. The largest absolute Gasteiger partial charge is 0.300 e. The van der Waals surface area contributed by atoms with E-state index in [1.54, 1.807) is 25.1 Å². The van der Waals surface area contributed by atoms with E-state index in [4.69, 9.17) is 11.6 Å². The highest BCUT2D eigenvalue weighted by atomic mass is 35.5. The predicted octanol–water partition coefficient (Wildman–Crippen LogP) is 4.88. The molecule has 0 saturated heterocycles. The fourth-order valence-electron chi connectivity index (χ4n) is 2.84. The van der Waals surface area contributed by atoms with E-state index in [1.807, 2.05) is 0 Å². The summed E-state index contributed by atoms with van der Waals surface area (Å²) < 4.78 is 44.4. The lowest BCUT2D eigenvalue weighted by atomic mass is 10.2. The molecule has 0 amide bonds. The molecule has 29 heavy (non-hydrogen) atoms. The lowest BCUT2D eigenvalue weighted by Gasteiger charge is -2.11. The van der Waals surface area contributed by atoms with Crippen molar-refractivity contribution in [3.05, 3.63) is 86.9 Å². The number of fused-ring (bicyclic) bond motifs is 1. The summed E-state index contributed by atoms with van der Waals surface area (Å²) >= 11 is 6.65. The molecule has 2 heterocycles. The minimum atomic E-state index is -1.93. The van der Waals surface area contributed by atoms with Gasteiger partial charge in [-0.05, 0) is 42.4 Å². The summed E-state index contributed by atoms with van der Waals surface area (Å²) in [6, 6.07) is 8.43. The summed E-state index contributed by atoms with van der Waals surface area (Å²) in [4.78, 5) is 12.8. The molecule has 0 saturated carbocycles. The third-order valence-electron chi connectivity index (χ3n) is 4.37. The molecule has 2 aromatic heterocycles. The summed E-state index contributed by atoms with van der Waals surface area (Å²) in [5, 5.41) is 8.20. The third kappa shape index (κ3) is 3.40. The number of rotatable bonds is 4. The van der Waals surface area contributed by atoms with E-state index < -0.39 is 28.3 Å². The van der Waals surface area contributed by atoms with Crippen molar-refractivity contribution in [1.82, 2.24) is 19.2 Å². The van der Waals surface area contributed by atoms with Crippen LogP contribution in [0, 0.1) is 18.6 Å². The van der Waals surface area contributed by atoms with Crippen molar-refractivity contribution in [3.63, 3.8) is 0 Å². The Kier molecular flexibility index (Phi) is 5.10. The lowest BCUT2D eigenvalue weighted by Crippen LogP contribution is -2.21. The van der Waals surface area contributed by atoms with Crippen molar-refractivity contribution in [3.8, 4) is 5.69 Å². The van der Waals surface area contributed by atoms with Crippen LogP contribution in [0.25, 0.3) is 11.3 Å². The van der Waals surface area contributed by atoms with Crippen molar-refractivity contribution >= 4 is 29.0 Å². The smallest absolute Gasteiger partial charge is 0.279 e. The number of nitrogens with zero attached hydrogens (tertiary/aromatic N) is 4. The highest BCUT2D eigenvalue weighted by molar-refractivity contribution is 7.99. The molecule has 4 rings (SSSR count). The van der Waals surface area contributed by atoms with Gasteiger partial charge in [0.15, 0.2) is 22.3 Å². The number of alkyl halides is 1. The standard InChI is InChI=1S/C19H12ClF3N4OS/c1-10-12(20)5-3-7-14(10)26-8-9-27-17(18(26)28)24-25-19(27)29-16(23)11-4-2-6-13(21)15(11)22/h2-9,16H,1H3. The Balaban J connectivity index is 1.74. The van der Waals surface area contributed by atoms with Gasteiger partial charge in [-0.2, -0.15) is 0 Å². The first kappa shape index (κ1) is 19.5. The Labute approximate surface area is 171 Å². The van der Waals surface area contributed by atoms with Gasteiger partial charge in [-0.1, -0.05) is 29.8 Å². The molecule has 0 bridgehead atoms. The number of benzene rings is 2. The second-order valence-corrected chi connectivity index (χ2v) is 7.53. The van der Waals surface area contributed by atoms with Crippen LogP contribution in [0.5, 0.6) is 0 Å². The van der Waals surface area contributed by atoms with E-state index in [9.17, 15) is 18.0 Å². The predicted molar refractivity (Wildman–Crippen MR) is 104 cm³/mol. The number of hydrogen-bond acceptors (Lipinski definition) is 4. The second-order valence-electron chi connectivity index (χ2n) is 6.11. The minimum absolute atomic E-state index is 0.0308. The molecular formula is C19H12ClF3N4OS. The van der Waals surface area contributed by atoms with Crippen molar-refractivity contribution in [2.24, 2.45) is 0 Å². The summed E-state index contributed by atoms with van der Waals surface area (Å²) in [6.07, 6.45) is 2.98. The van der Waals surface area contributed by atoms with Crippen molar-refractivity contribution < 1.29 is 13.2 Å².